The largest absolute Gasteiger partial charge is 0.479 e. The molecule has 1 unspecified atom stereocenters. The number of nitrogens with one attached hydrogen (secondary N) is 1. The van der Waals surface area contributed by atoms with Crippen LogP contribution >= 0.6 is 11.3 Å². The molecule has 3 N–H and O–H groups in total. The lowest BCUT2D eigenvalue weighted by Crippen LogP contribution is -2.34. The van der Waals surface area contributed by atoms with Gasteiger partial charge in [0.25, 0.3) is 5.91 Å². The van der Waals surface area contributed by atoms with Crippen molar-refractivity contribution < 1.29 is 9.53 Å². The predicted molar refractivity (Wildman–Crippen MR) is 89.9 cm³/mol. The Morgan fingerprint density at radius 2 is 2.30 bits per heavy atom. The van der Waals surface area contributed by atoms with E-state index in [1.807, 2.05) is 25.1 Å². The Morgan fingerprint density at radius 3 is 3.09 bits per heavy atom. The Labute approximate surface area is 136 Å². The highest BCUT2D eigenvalue weighted by Gasteiger charge is 2.24. The van der Waals surface area contributed by atoms with E-state index < -0.39 is 6.10 Å². The quantitative estimate of drug-likeness (QED) is 0.757. The number of nitrogens with zero attached hydrogens (tertiary/aromatic N) is 2. The van der Waals surface area contributed by atoms with Crippen LogP contribution in [0.3, 0.4) is 0 Å². The topological polar surface area (TPSA) is 81.6 Å². The van der Waals surface area contributed by atoms with Gasteiger partial charge in [0.15, 0.2) is 11.1 Å². The van der Waals surface area contributed by atoms with E-state index in [9.17, 15) is 4.79 Å². The fourth-order valence-corrected chi connectivity index (χ4v) is 3.73. The molecular weight excluding hydrogens is 312 g/mol. The molecule has 2 aromatic heterocycles. The molecule has 1 amide bonds. The molecule has 0 saturated heterocycles. The minimum Gasteiger partial charge on any atom is -0.479 e. The Hall–Kier alpha value is -2.38. The second-order valence-electron chi connectivity index (χ2n) is 5.57. The van der Waals surface area contributed by atoms with Crippen LogP contribution < -0.4 is 15.8 Å². The van der Waals surface area contributed by atoms with E-state index in [0.717, 1.165) is 27.6 Å². The van der Waals surface area contributed by atoms with Crippen LogP contribution in [0.1, 0.15) is 18.3 Å². The van der Waals surface area contributed by atoms with Crippen LogP contribution in [-0.4, -0.2) is 21.4 Å². The zero-order valence-corrected chi connectivity index (χ0v) is 13.6. The summed E-state index contributed by atoms with van der Waals surface area (Å²) in [5.41, 5.74) is 10.5. The first-order chi connectivity index (χ1) is 11.1. The van der Waals surface area contributed by atoms with Gasteiger partial charge in [-0.1, -0.05) is 0 Å². The number of fused-ring (bicyclic) bond motifs is 2. The van der Waals surface area contributed by atoms with Gasteiger partial charge >= 0.3 is 0 Å². The van der Waals surface area contributed by atoms with Gasteiger partial charge in [-0.15, -0.1) is 11.3 Å². The molecule has 23 heavy (non-hydrogen) atoms. The maximum atomic E-state index is 11.8. The number of imidazole rings is 1. The van der Waals surface area contributed by atoms with Crippen molar-refractivity contribution in [3.8, 4) is 17.0 Å². The van der Waals surface area contributed by atoms with E-state index in [1.54, 1.807) is 18.3 Å². The van der Waals surface area contributed by atoms with Crippen molar-refractivity contribution in [1.82, 2.24) is 9.38 Å². The number of carbonyl (C=O) groups is 1. The number of carbonyl (C=O) groups excluding carboxylic acids is 1. The van der Waals surface area contributed by atoms with Crippen LogP contribution in [0.5, 0.6) is 5.75 Å². The van der Waals surface area contributed by atoms with E-state index in [2.05, 4.69) is 15.1 Å². The first-order valence-corrected chi connectivity index (χ1v) is 8.24. The van der Waals surface area contributed by atoms with Gasteiger partial charge in [0, 0.05) is 23.2 Å². The first-order valence-electron chi connectivity index (χ1n) is 7.36. The van der Waals surface area contributed by atoms with Crippen LogP contribution in [0.25, 0.3) is 16.2 Å². The zero-order valence-electron chi connectivity index (χ0n) is 12.8. The molecule has 0 radical (unpaired) electrons. The van der Waals surface area contributed by atoms with Crippen LogP contribution in [0.2, 0.25) is 0 Å². The maximum Gasteiger partial charge on any atom is 0.265 e. The zero-order chi connectivity index (χ0) is 16.1. The number of nitrogens with two attached hydrogens (primary N) is 1. The summed E-state index contributed by atoms with van der Waals surface area (Å²) in [6.07, 6.45) is -0.478. The molecular formula is C16H16N4O2S. The third-order valence-corrected chi connectivity index (χ3v) is 4.95. The van der Waals surface area contributed by atoms with Crippen LogP contribution in [-0.2, 0) is 11.3 Å². The van der Waals surface area contributed by atoms with Crippen LogP contribution in [0.4, 0.5) is 5.69 Å². The van der Waals surface area contributed by atoms with Gasteiger partial charge < -0.3 is 15.8 Å². The van der Waals surface area contributed by atoms with Crippen LogP contribution in [0.15, 0.2) is 23.6 Å². The molecule has 0 spiro atoms. The fourth-order valence-electron chi connectivity index (χ4n) is 2.84. The second kappa shape index (κ2) is 5.07. The monoisotopic (exact) mass is 328 g/mol. The molecule has 0 fully saturated rings. The van der Waals surface area contributed by atoms with Gasteiger partial charge in [-0.05, 0) is 32.0 Å². The van der Waals surface area contributed by atoms with Gasteiger partial charge in [0.05, 0.1) is 17.1 Å². The van der Waals surface area contributed by atoms with Gasteiger partial charge in [-0.3, -0.25) is 9.20 Å². The molecule has 1 atom stereocenters. The van der Waals surface area contributed by atoms with Crippen molar-refractivity contribution in [1.29, 1.82) is 0 Å². The summed E-state index contributed by atoms with van der Waals surface area (Å²) in [7, 11) is 0. The molecule has 7 heteroatoms. The van der Waals surface area contributed by atoms with E-state index in [1.165, 1.54) is 0 Å². The number of rotatable bonds is 2. The summed E-state index contributed by atoms with van der Waals surface area (Å²) in [4.78, 5) is 17.4. The van der Waals surface area contributed by atoms with Gasteiger partial charge in [-0.2, -0.15) is 0 Å². The number of ether oxygens (including phenoxy) is 1. The minimum absolute atomic E-state index is 0.143. The number of hydrogen-bond acceptors (Lipinski definition) is 5. The summed E-state index contributed by atoms with van der Waals surface area (Å²) >= 11 is 1.59. The summed E-state index contributed by atoms with van der Waals surface area (Å²) in [6, 6.07) is 5.70. The summed E-state index contributed by atoms with van der Waals surface area (Å²) < 4.78 is 7.67. The van der Waals surface area contributed by atoms with Crippen molar-refractivity contribution >= 4 is 27.9 Å². The lowest BCUT2D eigenvalue weighted by molar-refractivity contribution is -0.122. The van der Waals surface area contributed by atoms with Crippen LogP contribution in [0, 0.1) is 6.92 Å². The fraction of sp³-hybridized carbons (Fsp3) is 0.250. The average Bonchev–Trinajstić information content (AvgIpc) is 3.08. The Morgan fingerprint density at radius 1 is 1.48 bits per heavy atom. The molecule has 4 rings (SSSR count). The van der Waals surface area contributed by atoms with E-state index >= 15 is 0 Å². The molecule has 3 aromatic rings. The average molecular weight is 328 g/mol. The molecule has 1 aliphatic rings. The standard InChI is InChI=1S/C16H16N4O2S/c1-8-7-23-16-19-14(12(6-17)20(8)16)10-3-4-13-11(5-10)18-15(21)9(2)22-13/h3-5,7,9H,6,17H2,1-2H3,(H,18,21). The number of thiazole rings is 1. The van der Waals surface area contributed by atoms with Crippen molar-refractivity contribution in [3.63, 3.8) is 0 Å². The Bertz CT molecular complexity index is 928. The van der Waals surface area contributed by atoms with Crippen molar-refractivity contribution in [3.05, 3.63) is 35.0 Å². The highest BCUT2D eigenvalue weighted by molar-refractivity contribution is 7.15. The second-order valence-corrected chi connectivity index (χ2v) is 6.40. The summed E-state index contributed by atoms with van der Waals surface area (Å²) in [5, 5.41) is 4.93. The number of benzene rings is 1. The van der Waals surface area contributed by atoms with E-state index in [4.69, 9.17) is 15.5 Å². The lowest BCUT2D eigenvalue weighted by atomic mass is 10.1. The smallest absolute Gasteiger partial charge is 0.265 e. The molecule has 1 aliphatic heterocycles. The molecule has 118 valence electrons. The van der Waals surface area contributed by atoms with Crippen molar-refractivity contribution in [2.75, 3.05) is 5.32 Å². The minimum atomic E-state index is -0.478. The molecule has 3 heterocycles. The molecule has 1 aromatic carbocycles. The highest BCUT2D eigenvalue weighted by atomic mass is 32.1. The number of anilines is 1. The molecule has 0 saturated carbocycles. The lowest BCUT2D eigenvalue weighted by Gasteiger charge is -2.23. The van der Waals surface area contributed by atoms with Gasteiger partial charge in [0.2, 0.25) is 0 Å². The van der Waals surface area contributed by atoms with Crippen molar-refractivity contribution in [2.45, 2.75) is 26.5 Å². The molecule has 0 bridgehead atoms. The number of amides is 1. The normalized spacial score (nSPS) is 17.0. The van der Waals surface area contributed by atoms with Crippen molar-refractivity contribution in [2.24, 2.45) is 5.73 Å². The number of aryl methyl sites for hydroxylation is 1. The van der Waals surface area contributed by atoms with E-state index in [-0.39, 0.29) is 5.91 Å². The molecule has 0 aliphatic carbocycles. The SMILES string of the molecule is Cc1csc2nc(-c3ccc4c(c3)NC(=O)C(C)O4)c(CN)n12. The van der Waals surface area contributed by atoms with E-state index in [0.29, 0.717) is 18.0 Å². The Balaban J connectivity index is 1.86. The number of hydrogen-bond donors (Lipinski definition) is 2. The third-order valence-electron chi connectivity index (χ3n) is 4.01. The third kappa shape index (κ3) is 2.12. The summed E-state index contributed by atoms with van der Waals surface area (Å²) in [6.45, 7) is 4.16. The Kier molecular flexibility index (Phi) is 3.14. The summed E-state index contributed by atoms with van der Waals surface area (Å²) in [5.74, 6) is 0.530. The number of aromatic nitrogens is 2. The van der Waals surface area contributed by atoms with Gasteiger partial charge in [0.1, 0.15) is 5.75 Å². The van der Waals surface area contributed by atoms with Gasteiger partial charge in [-0.25, -0.2) is 4.98 Å². The highest BCUT2D eigenvalue weighted by Crippen LogP contribution is 2.35. The first kappa shape index (κ1) is 14.2. The maximum absolute atomic E-state index is 11.8. The predicted octanol–water partition coefficient (Wildman–Crippen LogP) is 2.55. The molecule has 6 nitrogen and oxygen atoms in total.